The third-order valence-corrected chi connectivity index (χ3v) is 4.95. The predicted molar refractivity (Wildman–Crippen MR) is 96.8 cm³/mol. The van der Waals surface area contributed by atoms with Gasteiger partial charge in [0.25, 0.3) is 5.91 Å². The Kier molecular flexibility index (Phi) is 4.71. The monoisotopic (exact) mass is 354 g/mol. The molecule has 3 heterocycles. The van der Waals surface area contributed by atoms with Gasteiger partial charge in [-0.05, 0) is 32.2 Å². The Morgan fingerprint density at radius 1 is 1.35 bits per heavy atom. The SMILES string of the molecule is O=C(Nc1cnccc1OCC1CCCN1)c1c[nH]c2c1C(=O)CCC2. The average Bonchev–Trinajstić information content (AvgIpc) is 3.31. The summed E-state index contributed by atoms with van der Waals surface area (Å²) in [5, 5.41) is 6.22. The summed E-state index contributed by atoms with van der Waals surface area (Å²) in [7, 11) is 0. The van der Waals surface area contributed by atoms with Gasteiger partial charge in [-0.1, -0.05) is 0 Å². The summed E-state index contributed by atoms with van der Waals surface area (Å²) in [6.07, 6.45) is 9.16. The van der Waals surface area contributed by atoms with Gasteiger partial charge in [-0.2, -0.15) is 0 Å². The Bertz CT molecular complexity index is 824. The molecule has 2 aromatic rings. The molecule has 26 heavy (non-hydrogen) atoms. The molecule has 1 atom stereocenters. The number of rotatable bonds is 5. The molecule has 4 rings (SSSR count). The van der Waals surface area contributed by atoms with Crippen LogP contribution in [0.2, 0.25) is 0 Å². The van der Waals surface area contributed by atoms with Crippen molar-refractivity contribution in [2.24, 2.45) is 0 Å². The van der Waals surface area contributed by atoms with Crippen molar-refractivity contribution in [3.8, 4) is 5.75 Å². The fourth-order valence-corrected chi connectivity index (χ4v) is 3.59. The zero-order valence-corrected chi connectivity index (χ0v) is 14.5. The van der Waals surface area contributed by atoms with Gasteiger partial charge in [-0.15, -0.1) is 0 Å². The molecule has 0 aromatic carbocycles. The predicted octanol–water partition coefficient (Wildman–Crippen LogP) is 2.31. The summed E-state index contributed by atoms with van der Waals surface area (Å²) in [6, 6.07) is 2.07. The van der Waals surface area contributed by atoms with E-state index in [1.165, 1.54) is 0 Å². The van der Waals surface area contributed by atoms with Gasteiger partial charge in [0.05, 0.1) is 17.3 Å². The molecule has 3 N–H and O–H groups in total. The Labute approximate surface area is 151 Å². The highest BCUT2D eigenvalue weighted by atomic mass is 16.5. The molecule has 0 radical (unpaired) electrons. The van der Waals surface area contributed by atoms with E-state index in [1.807, 2.05) is 0 Å². The number of aryl methyl sites for hydroxylation is 1. The van der Waals surface area contributed by atoms with Crippen molar-refractivity contribution in [2.75, 3.05) is 18.5 Å². The van der Waals surface area contributed by atoms with Crippen molar-refractivity contribution in [3.63, 3.8) is 0 Å². The molecule has 2 aliphatic rings. The number of carbonyl (C=O) groups is 2. The van der Waals surface area contributed by atoms with Crippen molar-refractivity contribution >= 4 is 17.4 Å². The molecule has 0 bridgehead atoms. The molecule has 2 aromatic heterocycles. The molecule has 1 aliphatic carbocycles. The number of fused-ring (bicyclic) bond motifs is 1. The number of nitrogens with zero attached hydrogens (tertiary/aromatic N) is 1. The molecule has 0 spiro atoms. The van der Waals surface area contributed by atoms with Crippen molar-refractivity contribution < 1.29 is 14.3 Å². The van der Waals surface area contributed by atoms with Crippen LogP contribution in [-0.4, -0.2) is 40.9 Å². The lowest BCUT2D eigenvalue weighted by molar-refractivity contribution is 0.0956. The van der Waals surface area contributed by atoms with Gasteiger partial charge in [-0.25, -0.2) is 0 Å². The van der Waals surface area contributed by atoms with Crippen LogP contribution in [0, 0.1) is 0 Å². The number of hydrogen-bond acceptors (Lipinski definition) is 5. The zero-order chi connectivity index (χ0) is 17.9. The number of carbonyl (C=O) groups excluding carboxylic acids is 2. The summed E-state index contributed by atoms with van der Waals surface area (Å²) in [6.45, 7) is 1.56. The van der Waals surface area contributed by atoms with E-state index < -0.39 is 0 Å². The van der Waals surface area contributed by atoms with Crippen LogP contribution >= 0.6 is 0 Å². The summed E-state index contributed by atoms with van der Waals surface area (Å²) in [4.78, 5) is 32.1. The Morgan fingerprint density at radius 3 is 3.12 bits per heavy atom. The highest BCUT2D eigenvalue weighted by Crippen LogP contribution is 2.27. The highest BCUT2D eigenvalue weighted by Gasteiger charge is 2.26. The van der Waals surface area contributed by atoms with Crippen LogP contribution in [0.5, 0.6) is 5.75 Å². The third kappa shape index (κ3) is 3.35. The number of aromatic amines is 1. The van der Waals surface area contributed by atoms with Crippen LogP contribution < -0.4 is 15.4 Å². The smallest absolute Gasteiger partial charge is 0.258 e. The van der Waals surface area contributed by atoms with Crippen LogP contribution in [0.1, 0.15) is 52.1 Å². The largest absolute Gasteiger partial charge is 0.490 e. The number of anilines is 1. The molecule has 7 heteroatoms. The average molecular weight is 354 g/mol. The van der Waals surface area contributed by atoms with E-state index in [0.29, 0.717) is 41.6 Å². The lowest BCUT2D eigenvalue weighted by atomic mass is 9.93. The number of H-pyrrole nitrogens is 1. The number of ether oxygens (including phenoxy) is 1. The Morgan fingerprint density at radius 2 is 2.27 bits per heavy atom. The quantitative estimate of drug-likeness (QED) is 0.766. The molecular weight excluding hydrogens is 332 g/mol. The van der Waals surface area contributed by atoms with Gasteiger partial charge in [0.15, 0.2) is 5.78 Å². The second kappa shape index (κ2) is 7.29. The normalized spacial score (nSPS) is 19.2. The molecule has 1 fully saturated rings. The molecule has 0 saturated carbocycles. The Hall–Kier alpha value is -2.67. The van der Waals surface area contributed by atoms with Crippen molar-refractivity contribution in [2.45, 2.75) is 38.1 Å². The van der Waals surface area contributed by atoms with Gasteiger partial charge in [0, 0.05) is 36.6 Å². The van der Waals surface area contributed by atoms with Gasteiger partial charge < -0.3 is 20.4 Å². The molecule has 1 aliphatic heterocycles. The van der Waals surface area contributed by atoms with Crippen LogP contribution in [0.4, 0.5) is 5.69 Å². The number of pyridine rings is 1. The summed E-state index contributed by atoms with van der Waals surface area (Å²) < 4.78 is 5.88. The van der Waals surface area contributed by atoms with E-state index in [2.05, 4.69) is 20.6 Å². The van der Waals surface area contributed by atoms with Crippen molar-refractivity contribution in [1.29, 1.82) is 0 Å². The standard InChI is InChI=1S/C19H22N4O3/c24-16-5-1-4-14-18(16)13(9-22-14)19(25)23-15-10-20-8-6-17(15)26-11-12-3-2-7-21-12/h6,8-10,12,21-22H,1-5,7,11H2,(H,23,25). The second-order valence-electron chi connectivity index (χ2n) is 6.76. The van der Waals surface area contributed by atoms with Crippen LogP contribution in [-0.2, 0) is 6.42 Å². The molecule has 136 valence electrons. The minimum Gasteiger partial charge on any atom is -0.490 e. The van der Waals surface area contributed by atoms with Crippen LogP contribution in [0.3, 0.4) is 0 Å². The molecule has 1 saturated heterocycles. The molecule has 7 nitrogen and oxygen atoms in total. The second-order valence-corrected chi connectivity index (χ2v) is 6.76. The topological polar surface area (TPSA) is 96.1 Å². The molecular formula is C19H22N4O3. The number of hydrogen-bond donors (Lipinski definition) is 3. The van der Waals surface area contributed by atoms with E-state index in [0.717, 1.165) is 37.9 Å². The van der Waals surface area contributed by atoms with Gasteiger partial charge >= 0.3 is 0 Å². The number of nitrogens with one attached hydrogen (secondary N) is 3. The van der Waals surface area contributed by atoms with E-state index in [4.69, 9.17) is 4.74 Å². The highest BCUT2D eigenvalue weighted by molar-refractivity contribution is 6.13. The molecule has 1 amide bonds. The van der Waals surface area contributed by atoms with E-state index in [-0.39, 0.29) is 11.7 Å². The van der Waals surface area contributed by atoms with Crippen molar-refractivity contribution in [3.05, 3.63) is 41.5 Å². The summed E-state index contributed by atoms with van der Waals surface area (Å²) in [5.74, 6) is 0.278. The summed E-state index contributed by atoms with van der Waals surface area (Å²) in [5.41, 5.74) is 2.27. The lowest BCUT2D eigenvalue weighted by Crippen LogP contribution is -2.28. The first-order valence-corrected chi connectivity index (χ1v) is 9.07. The first-order valence-electron chi connectivity index (χ1n) is 9.07. The van der Waals surface area contributed by atoms with E-state index in [1.54, 1.807) is 24.7 Å². The number of aromatic nitrogens is 2. The third-order valence-electron chi connectivity index (χ3n) is 4.95. The van der Waals surface area contributed by atoms with Crippen LogP contribution in [0.15, 0.2) is 24.7 Å². The molecule has 1 unspecified atom stereocenters. The van der Waals surface area contributed by atoms with Crippen LogP contribution in [0.25, 0.3) is 0 Å². The fourth-order valence-electron chi connectivity index (χ4n) is 3.59. The van der Waals surface area contributed by atoms with Gasteiger partial charge in [0.2, 0.25) is 0 Å². The van der Waals surface area contributed by atoms with E-state index >= 15 is 0 Å². The number of Topliss-reactive ketones (excluding diaryl/α,β-unsaturated/α-hetero) is 1. The zero-order valence-electron chi connectivity index (χ0n) is 14.5. The maximum Gasteiger partial charge on any atom is 0.258 e. The summed E-state index contributed by atoms with van der Waals surface area (Å²) >= 11 is 0. The first kappa shape index (κ1) is 16.8. The minimum absolute atomic E-state index is 0.0209. The number of ketones is 1. The lowest BCUT2D eigenvalue weighted by Gasteiger charge is -2.16. The maximum atomic E-state index is 12.7. The number of amides is 1. The maximum absolute atomic E-state index is 12.7. The minimum atomic E-state index is -0.324. The fraction of sp³-hybridized carbons (Fsp3) is 0.421. The van der Waals surface area contributed by atoms with Gasteiger partial charge in [0.1, 0.15) is 18.0 Å². The van der Waals surface area contributed by atoms with Crippen molar-refractivity contribution in [1.82, 2.24) is 15.3 Å². The first-order chi connectivity index (χ1) is 12.7. The van der Waals surface area contributed by atoms with E-state index in [9.17, 15) is 9.59 Å². The van der Waals surface area contributed by atoms with Gasteiger partial charge in [-0.3, -0.25) is 14.6 Å². The Balaban J connectivity index is 1.50.